The molecule has 0 aromatic carbocycles. The molecule has 0 amide bonds. The second-order valence-electron chi connectivity index (χ2n) is 3.36. The topological polar surface area (TPSA) is 30.0 Å². The third-order valence-electron chi connectivity index (χ3n) is 2.35. The largest absolute Gasteiger partial charge is 0.294 e. The van der Waals surface area contributed by atoms with Crippen LogP contribution in [0.5, 0.6) is 0 Å². The molecule has 0 saturated heterocycles. The van der Waals surface area contributed by atoms with Crippen molar-refractivity contribution in [1.82, 2.24) is 4.98 Å². The number of aryl methyl sites for hydroxylation is 1. The molecule has 1 aromatic heterocycles. The summed E-state index contributed by atoms with van der Waals surface area (Å²) >= 11 is 0. The van der Waals surface area contributed by atoms with Gasteiger partial charge in [-0.1, -0.05) is 13.8 Å². The molecule has 13 heavy (non-hydrogen) atoms. The number of pyridine rings is 1. The Morgan fingerprint density at radius 2 is 2.31 bits per heavy atom. The van der Waals surface area contributed by atoms with Crippen molar-refractivity contribution in [3.05, 3.63) is 29.6 Å². The monoisotopic (exact) mass is 177 g/mol. The molecule has 70 valence electrons. The number of Topliss-reactive ketones (excluding diaryl/α,β-unsaturated/α-hetero) is 1. The number of ketones is 1. The van der Waals surface area contributed by atoms with Crippen LogP contribution in [0.2, 0.25) is 0 Å². The van der Waals surface area contributed by atoms with Crippen molar-refractivity contribution in [2.75, 3.05) is 0 Å². The molecule has 0 spiro atoms. The summed E-state index contributed by atoms with van der Waals surface area (Å²) in [5, 5.41) is 0. The number of hydrogen-bond acceptors (Lipinski definition) is 2. The minimum absolute atomic E-state index is 0.112. The minimum Gasteiger partial charge on any atom is -0.294 e. The molecule has 0 radical (unpaired) electrons. The van der Waals surface area contributed by atoms with Crippen LogP contribution in [0.25, 0.3) is 0 Å². The van der Waals surface area contributed by atoms with Gasteiger partial charge in [-0.3, -0.25) is 9.78 Å². The van der Waals surface area contributed by atoms with Gasteiger partial charge in [0.25, 0.3) is 0 Å². The maximum atomic E-state index is 11.8. The van der Waals surface area contributed by atoms with Gasteiger partial charge in [-0.25, -0.2) is 0 Å². The van der Waals surface area contributed by atoms with Crippen molar-refractivity contribution in [1.29, 1.82) is 0 Å². The summed E-state index contributed by atoms with van der Waals surface area (Å²) < 4.78 is 0. The molecule has 2 heteroatoms. The Labute approximate surface area is 79.0 Å². The number of carbonyl (C=O) groups excluding carboxylic acids is 1. The maximum Gasteiger partial charge on any atom is 0.166 e. The van der Waals surface area contributed by atoms with Gasteiger partial charge in [0.1, 0.15) is 0 Å². The SMILES string of the molecule is CCC(C)C(=O)c1ccncc1C. The van der Waals surface area contributed by atoms with Crippen LogP contribution in [0.4, 0.5) is 0 Å². The average molecular weight is 177 g/mol. The number of hydrogen-bond donors (Lipinski definition) is 0. The Balaban J connectivity index is 2.95. The standard InChI is InChI=1S/C11H15NO/c1-4-8(2)11(13)10-5-6-12-7-9(10)3/h5-8H,4H2,1-3H3. The summed E-state index contributed by atoms with van der Waals surface area (Å²) in [5.41, 5.74) is 1.78. The van der Waals surface area contributed by atoms with E-state index < -0.39 is 0 Å². The normalized spacial score (nSPS) is 12.5. The fourth-order valence-corrected chi connectivity index (χ4v) is 1.20. The molecule has 1 aromatic rings. The van der Waals surface area contributed by atoms with E-state index in [4.69, 9.17) is 0 Å². The number of rotatable bonds is 3. The molecular weight excluding hydrogens is 162 g/mol. The highest BCUT2D eigenvalue weighted by atomic mass is 16.1. The first kappa shape index (κ1) is 9.90. The smallest absolute Gasteiger partial charge is 0.166 e. The Bertz CT molecular complexity index is 307. The molecule has 0 aliphatic heterocycles. The van der Waals surface area contributed by atoms with Crippen molar-refractivity contribution < 1.29 is 4.79 Å². The predicted molar refractivity (Wildman–Crippen MR) is 52.8 cm³/mol. The first-order valence-electron chi connectivity index (χ1n) is 4.61. The quantitative estimate of drug-likeness (QED) is 0.664. The lowest BCUT2D eigenvalue weighted by Gasteiger charge is -2.08. The van der Waals surface area contributed by atoms with Crippen LogP contribution in [0.1, 0.15) is 36.2 Å². The fraction of sp³-hybridized carbons (Fsp3) is 0.455. The highest BCUT2D eigenvalue weighted by Crippen LogP contribution is 2.14. The summed E-state index contributed by atoms with van der Waals surface area (Å²) in [5.74, 6) is 0.337. The van der Waals surface area contributed by atoms with E-state index in [-0.39, 0.29) is 11.7 Å². The summed E-state index contributed by atoms with van der Waals surface area (Å²) in [7, 11) is 0. The zero-order valence-corrected chi connectivity index (χ0v) is 8.37. The van der Waals surface area contributed by atoms with Gasteiger partial charge in [0.15, 0.2) is 5.78 Å². The van der Waals surface area contributed by atoms with Crippen molar-refractivity contribution in [3.63, 3.8) is 0 Å². The van der Waals surface area contributed by atoms with Crippen LogP contribution in [0, 0.1) is 12.8 Å². The lowest BCUT2D eigenvalue weighted by atomic mass is 9.95. The highest BCUT2D eigenvalue weighted by Gasteiger charge is 2.14. The van der Waals surface area contributed by atoms with E-state index in [1.807, 2.05) is 20.8 Å². The van der Waals surface area contributed by atoms with Crippen LogP contribution in [-0.4, -0.2) is 10.8 Å². The zero-order valence-electron chi connectivity index (χ0n) is 8.37. The number of aromatic nitrogens is 1. The van der Waals surface area contributed by atoms with Gasteiger partial charge >= 0.3 is 0 Å². The van der Waals surface area contributed by atoms with Crippen LogP contribution >= 0.6 is 0 Å². The molecule has 1 atom stereocenters. The zero-order chi connectivity index (χ0) is 9.84. The van der Waals surface area contributed by atoms with E-state index in [1.54, 1.807) is 18.5 Å². The summed E-state index contributed by atoms with van der Waals surface area (Å²) in [6.07, 6.45) is 4.29. The van der Waals surface area contributed by atoms with Crippen molar-refractivity contribution in [3.8, 4) is 0 Å². The van der Waals surface area contributed by atoms with Crippen LogP contribution in [0.3, 0.4) is 0 Å². The molecule has 1 unspecified atom stereocenters. The van der Waals surface area contributed by atoms with E-state index in [1.165, 1.54) is 0 Å². The van der Waals surface area contributed by atoms with Gasteiger partial charge in [0, 0.05) is 23.9 Å². The third kappa shape index (κ3) is 2.14. The molecule has 0 aliphatic rings. The Hall–Kier alpha value is -1.18. The van der Waals surface area contributed by atoms with E-state index in [0.717, 1.165) is 17.5 Å². The second kappa shape index (κ2) is 4.17. The molecule has 0 aliphatic carbocycles. The van der Waals surface area contributed by atoms with E-state index >= 15 is 0 Å². The van der Waals surface area contributed by atoms with E-state index in [0.29, 0.717) is 0 Å². The fourth-order valence-electron chi connectivity index (χ4n) is 1.20. The minimum atomic E-state index is 0.112. The molecule has 0 fully saturated rings. The summed E-state index contributed by atoms with van der Waals surface area (Å²) in [6, 6.07) is 1.80. The first-order valence-corrected chi connectivity index (χ1v) is 4.61. The van der Waals surface area contributed by atoms with Crippen LogP contribution < -0.4 is 0 Å². The lowest BCUT2D eigenvalue weighted by molar-refractivity contribution is 0.0926. The van der Waals surface area contributed by atoms with Crippen molar-refractivity contribution >= 4 is 5.78 Å². The first-order chi connectivity index (χ1) is 6.16. The Kier molecular flexibility index (Phi) is 3.18. The molecule has 0 saturated carbocycles. The molecule has 1 heterocycles. The summed E-state index contributed by atoms with van der Waals surface area (Å²) in [4.78, 5) is 15.7. The van der Waals surface area contributed by atoms with Gasteiger partial charge < -0.3 is 0 Å². The van der Waals surface area contributed by atoms with Gasteiger partial charge in [-0.15, -0.1) is 0 Å². The van der Waals surface area contributed by atoms with E-state index in [9.17, 15) is 4.79 Å². The van der Waals surface area contributed by atoms with Gasteiger partial charge in [-0.2, -0.15) is 0 Å². The predicted octanol–water partition coefficient (Wildman–Crippen LogP) is 2.62. The molecular formula is C11H15NO. The van der Waals surface area contributed by atoms with Crippen molar-refractivity contribution in [2.45, 2.75) is 27.2 Å². The lowest BCUT2D eigenvalue weighted by Crippen LogP contribution is -2.11. The van der Waals surface area contributed by atoms with Gasteiger partial charge in [-0.05, 0) is 25.0 Å². The number of carbonyl (C=O) groups is 1. The molecule has 0 bridgehead atoms. The van der Waals surface area contributed by atoms with Crippen LogP contribution in [-0.2, 0) is 0 Å². The second-order valence-corrected chi connectivity index (χ2v) is 3.36. The summed E-state index contributed by atoms with van der Waals surface area (Å²) in [6.45, 7) is 5.91. The average Bonchev–Trinajstić information content (AvgIpc) is 2.16. The molecule has 1 rings (SSSR count). The van der Waals surface area contributed by atoms with Crippen molar-refractivity contribution in [2.24, 2.45) is 5.92 Å². The van der Waals surface area contributed by atoms with Gasteiger partial charge in [0.05, 0.1) is 0 Å². The van der Waals surface area contributed by atoms with Gasteiger partial charge in [0.2, 0.25) is 0 Å². The Morgan fingerprint density at radius 3 is 2.85 bits per heavy atom. The molecule has 2 nitrogen and oxygen atoms in total. The maximum absolute atomic E-state index is 11.8. The Morgan fingerprint density at radius 1 is 1.62 bits per heavy atom. The van der Waals surface area contributed by atoms with E-state index in [2.05, 4.69) is 4.98 Å². The van der Waals surface area contributed by atoms with Crippen LogP contribution in [0.15, 0.2) is 18.5 Å². The third-order valence-corrected chi connectivity index (χ3v) is 2.35. The highest BCUT2D eigenvalue weighted by molar-refractivity contribution is 5.98. The number of nitrogens with zero attached hydrogens (tertiary/aromatic N) is 1. The molecule has 0 N–H and O–H groups in total.